The zero-order valence-electron chi connectivity index (χ0n) is 8.16. The molecular formula is C11H10ClF3. The molecule has 0 aromatic heterocycles. The third-order valence-corrected chi connectivity index (χ3v) is 2.31. The summed E-state index contributed by atoms with van der Waals surface area (Å²) in [5.41, 5.74) is -0.436. The summed E-state index contributed by atoms with van der Waals surface area (Å²) in [6.45, 7) is 4.12. The maximum absolute atomic E-state index is 13.5. The highest BCUT2D eigenvalue weighted by molar-refractivity contribution is 6.30. The van der Waals surface area contributed by atoms with E-state index in [4.69, 9.17) is 11.6 Å². The molecule has 1 rings (SSSR count). The van der Waals surface area contributed by atoms with Crippen molar-refractivity contribution in [1.82, 2.24) is 0 Å². The fourth-order valence-electron chi connectivity index (χ4n) is 1.35. The van der Waals surface area contributed by atoms with E-state index in [0.717, 1.165) is 19.1 Å². The number of hydrogen-bond donors (Lipinski definition) is 0. The summed E-state index contributed by atoms with van der Waals surface area (Å²) < 4.78 is 39.7. The van der Waals surface area contributed by atoms with E-state index in [1.165, 1.54) is 6.08 Å². The van der Waals surface area contributed by atoms with Crippen molar-refractivity contribution in [2.45, 2.75) is 19.3 Å². The summed E-state index contributed by atoms with van der Waals surface area (Å²) in [6.07, 6.45) is 1.40. The van der Waals surface area contributed by atoms with Gasteiger partial charge in [-0.25, -0.2) is 13.2 Å². The fraction of sp³-hybridized carbons (Fsp3) is 0.273. The van der Waals surface area contributed by atoms with Gasteiger partial charge in [-0.2, -0.15) is 0 Å². The van der Waals surface area contributed by atoms with Gasteiger partial charge >= 0.3 is 0 Å². The van der Waals surface area contributed by atoms with E-state index in [1.807, 2.05) is 0 Å². The lowest BCUT2D eigenvalue weighted by Gasteiger charge is -2.16. The third-order valence-electron chi connectivity index (χ3n) is 2.02. The van der Waals surface area contributed by atoms with E-state index in [0.29, 0.717) is 0 Å². The molecule has 0 spiro atoms. The molecule has 0 heterocycles. The van der Waals surface area contributed by atoms with Crippen molar-refractivity contribution in [2.24, 2.45) is 0 Å². The quantitative estimate of drug-likeness (QED) is 0.684. The number of allylic oxidation sites excluding steroid dienone is 1. The van der Waals surface area contributed by atoms with Crippen LogP contribution in [0.4, 0.5) is 13.2 Å². The lowest BCUT2D eigenvalue weighted by atomic mass is 9.99. The van der Waals surface area contributed by atoms with Crippen LogP contribution in [0.15, 0.2) is 24.8 Å². The molecule has 0 N–H and O–H groups in total. The van der Waals surface area contributed by atoms with Crippen LogP contribution >= 0.6 is 11.6 Å². The Bertz CT molecular complexity index is 380. The van der Waals surface area contributed by atoms with Gasteiger partial charge in [-0.3, -0.25) is 0 Å². The molecule has 0 aliphatic rings. The van der Waals surface area contributed by atoms with Crippen LogP contribution in [-0.2, 0) is 12.3 Å². The lowest BCUT2D eigenvalue weighted by molar-refractivity contribution is 0.0163. The lowest BCUT2D eigenvalue weighted by Crippen LogP contribution is -2.12. The Balaban J connectivity index is 3.39. The topological polar surface area (TPSA) is 0 Å². The smallest absolute Gasteiger partial charge is 0.205 e. The highest BCUT2D eigenvalue weighted by atomic mass is 35.5. The Morgan fingerprint density at radius 3 is 2.53 bits per heavy atom. The van der Waals surface area contributed by atoms with Crippen molar-refractivity contribution >= 4 is 11.6 Å². The van der Waals surface area contributed by atoms with E-state index in [9.17, 15) is 13.2 Å². The SMILES string of the molecule is C=CCc1c(C(C)(F)F)ccc(Cl)c1F. The Hall–Kier alpha value is -0.960. The van der Waals surface area contributed by atoms with Crippen LogP contribution in [0.2, 0.25) is 5.02 Å². The second kappa shape index (κ2) is 4.27. The normalized spacial score (nSPS) is 11.5. The van der Waals surface area contributed by atoms with E-state index in [2.05, 4.69) is 6.58 Å². The van der Waals surface area contributed by atoms with Gasteiger partial charge in [-0.15, -0.1) is 6.58 Å². The van der Waals surface area contributed by atoms with Crippen molar-refractivity contribution in [3.63, 3.8) is 0 Å². The number of halogens is 4. The minimum Gasteiger partial charge on any atom is -0.205 e. The van der Waals surface area contributed by atoms with Gasteiger partial charge in [0.25, 0.3) is 5.92 Å². The standard InChI is InChI=1S/C11H10ClF3/c1-3-4-7-8(11(2,14)15)5-6-9(12)10(7)13/h3,5-6H,1,4H2,2H3. The van der Waals surface area contributed by atoms with Crippen molar-refractivity contribution < 1.29 is 13.2 Å². The molecule has 0 aliphatic heterocycles. The number of hydrogen-bond acceptors (Lipinski definition) is 0. The Labute approximate surface area is 91.4 Å². The van der Waals surface area contributed by atoms with Crippen LogP contribution in [0.3, 0.4) is 0 Å². The maximum Gasteiger partial charge on any atom is 0.270 e. The highest BCUT2D eigenvalue weighted by Crippen LogP contribution is 2.33. The average molecular weight is 235 g/mol. The fourth-order valence-corrected chi connectivity index (χ4v) is 1.52. The molecule has 0 nitrogen and oxygen atoms in total. The van der Waals surface area contributed by atoms with E-state index in [-0.39, 0.29) is 22.6 Å². The summed E-state index contributed by atoms with van der Waals surface area (Å²) >= 11 is 5.52. The second-order valence-electron chi connectivity index (χ2n) is 3.27. The molecule has 0 aliphatic carbocycles. The Kier molecular flexibility index (Phi) is 3.45. The van der Waals surface area contributed by atoms with Crippen molar-refractivity contribution in [3.05, 3.63) is 46.8 Å². The second-order valence-corrected chi connectivity index (χ2v) is 3.68. The molecule has 0 radical (unpaired) electrons. The molecule has 0 amide bonds. The molecule has 0 unspecified atom stereocenters. The first-order chi connectivity index (χ1) is 6.88. The van der Waals surface area contributed by atoms with Crippen LogP contribution in [0.25, 0.3) is 0 Å². The zero-order chi connectivity index (χ0) is 11.6. The summed E-state index contributed by atoms with van der Waals surface area (Å²) in [7, 11) is 0. The van der Waals surface area contributed by atoms with Gasteiger partial charge in [0.05, 0.1) is 5.02 Å². The molecule has 0 fully saturated rings. The van der Waals surface area contributed by atoms with Gasteiger partial charge in [0.15, 0.2) is 0 Å². The van der Waals surface area contributed by atoms with Gasteiger partial charge in [0, 0.05) is 18.1 Å². The van der Waals surface area contributed by atoms with Crippen LogP contribution in [0.1, 0.15) is 18.1 Å². The van der Waals surface area contributed by atoms with Crippen LogP contribution in [0.5, 0.6) is 0 Å². The number of benzene rings is 1. The zero-order valence-corrected chi connectivity index (χ0v) is 8.91. The van der Waals surface area contributed by atoms with Gasteiger partial charge in [-0.05, 0) is 12.5 Å². The predicted octanol–water partition coefficient (Wildman–Crippen LogP) is 4.32. The van der Waals surface area contributed by atoms with Crippen LogP contribution < -0.4 is 0 Å². The number of rotatable bonds is 3. The van der Waals surface area contributed by atoms with Gasteiger partial charge < -0.3 is 0 Å². The minimum atomic E-state index is -3.08. The monoisotopic (exact) mass is 234 g/mol. The molecule has 1 aromatic carbocycles. The van der Waals surface area contributed by atoms with Crippen molar-refractivity contribution in [2.75, 3.05) is 0 Å². The van der Waals surface area contributed by atoms with Gasteiger partial charge in [-0.1, -0.05) is 23.7 Å². The van der Waals surface area contributed by atoms with Crippen LogP contribution in [0, 0.1) is 5.82 Å². The first-order valence-electron chi connectivity index (χ1n) is 4.34. The first-order valence-corrected chi connectivity index (χ1v) is 4.71. The van der Waals surface area contributed by atoms with E-state index < -0.39 is 11.7 Å². The summed E-state index contributed by atoms with van der Waals surface area (Å²) in [5, 5.41) is -0.153. The van der Waals surface area contributed by atoms with Gasteiger partial charge in [0.1, 0.15) is 5.82 Å². The Morgan fingerprint density at radius 1 is 1.47 bits per heavy atom. The largest absolute Gasteiger partial charge is 0.270 e. The molecule has 82 valence electrons. The molecule has 4 heteroatoms. The molecule has 0 atom stereocenters. The van der Waals surface area contributed by atoms with Crippen molar-refractivity contribution in [1.29, 1.82) is 0 Å². The van der Waals surface area contributed by atoms with Crippen molar-refractivity contribution in [3.8, 4) is 0 Å². The van der Waals surface area contributed by atoms with Gasteiger partial charge in [0.2, 0.25) is 0 Å². The molecule has 0 saturated heterocycles. The minimum absolute atomic E-state index is 0.0329. The maximum atomic E-state index is 13.5. The molecule has 1 aromatic rings. The first kappa shape index (κ1) is 12.1. The van der Waals surface area contributed by atoms with E-state index in [1.54, 1.807) is 0 Å². The van der Waals surface area contributed by atoms with E-state index >= 15 is 0 Å². The molecule has 0 saturated carbocycles. The molecular weight excluding hydrogens is 225 g/mol. The predicted molar refractivity (Wildman–Crippen MR) is 54.9 cm³/mol. The third kappa shape index (κ3) is 2.53. The average Bonchev–Trinajstić information content (AvgIpc) is 2.11. The van der Waals surface area contributed by atoms with Crippen LogP contribution in [-0.4, -0.2) is 0 Å². The summed E-state index contributed by atoms with van der Waals surface area (Å²) in [4.78, 5) is 0. The summed E-state index contributed by atoms with van der Waals surface area (Å²) in [6, 6.07) is 2.28. The molecule has 15 heavy (non-hydrogen) atoms. The highest BCUT2D eigenvalue weighted by Gasteiger charge is 2.29. The number of alkyl halides is 2. The molecule has 0 bridgehead atoms. The summed E-state index contributed by atoms with van der Waals surface area (Å²) in [5.74, 6) is -3.88. The Morgan fingerprint density at radius 2 is 2.07 bits per heavy atom.